The van der Waals surface area contributed by atoms with Crippen molar-refractivity contribution >= 4 is 29.9 Å². The standard InChI is InChI=1S/C20H29N3.HI/c1-16-6-3-4-7-17(16)20(10-11-20)14-22-18(21-2)23-13-12-19(15-23)8-5-9-19;/h3-4,6-7H,5,8-15H2,1-2H3,(H,21,22);1H. The van der Waals surface area contributed by atoms with Gasteiger partial charge < -0.3 is 10.2 Å². The van der Waals surface area contributed by atoms with Gasteiger partial charge in [0.1, 0.15) is 0 Å². The summed E-state index contributed by atoms with van der Waals surface area (Å²) in [6.45, 7) is 5.65. The Bertz CT molecular complexity index is 617. The van der Waals surface area contributed by atoms with Crippen LogP contribution in [0.2, 0.25) is 0 Å². The van der Waals surface area contributed by atoms with Crippen LogP contribution >= 0.6 is 24.0 Å². The minimum Gasteiger partial charge on any atom is -0.355 e. The highest BCUT2D eigenvalue weighted by Gasteiger charge is 2.46. The molecule has 3 fully saturated rings. The summed E-state index contributed by atoms with van der Waals surface area (Å²) in [6, 6.07) is 8.87. The Morgan fingerprint density at radius 1 is 1.17 bits per heavy atom. The van der Waals surface area contributed by atoms with Crippen LogP contribution < -0.4 is 5.32 Å². The van der Waals surface area contributed by atoms with Crippen LogP contribution in [0.4, 0.5) is 0 Å². The van der Waals surface area contributed by atoms with E-state index in [0.29, 0.717) is 10.8 Å². The van der Waals surface area contributed by atoms with Crippen LogP contribution in [0, 0.1) is 12.3 Å². The number of hydrogen-bond acceptors (Lipinski definition) is 1. The minimum atomic E-state index is 0. The lowest BCUT2D eigenvalue weighted by Crippen LogP contribution is -2.44. The van der Waals surface area contributed by atoms with Crippen molar-refractivity contribution in [2.75, 3.05) is 26.7 Å². The second-order valence-electron chi connectivity index (χ2n) is 8.02. The van der Waals surface area contributed by atoms with Crippen molar-refractivity contribution in [3.8, 4) is 0 Å². The molecule has 4 rings (SSSR count). The number of nitrogens with zero attached hydrogens (tertiary/aromatic N) is 2. The van der Waals surface area contributed by atoms with Gasteiger partial charge in [0, 0.05) is 32.1 Å². The summed E-state index contributed by atoms with van der Waals surface area (Å²) in [7, 11) is 1.93. The molecule has 1 aromatic carbocycles. The first kappa shape index (κ1) is 18.0. The SMILES string of the molecule is CN=C(NCC1(c2ccccc2C)CC1)N1CCC2(CCC2)C1.I. The number of guanidine groups is 1. The van der Waals surface area contributed by atoms with E-state index in [9.17, 15) is 0 Å². The molecule has 1 spiro atoms. The van der Waals surface area contributed by atoms with E-state index in [1.165, 1.54) is 62.7 Å². The first-order chi connectivity index (χ1) is 11.2. The average Bonchev–Trinajstić information content (AvgIpc) is 3.16. The van der Waals surface area contributed by atoms with Crippen LogP contribution in [-0.2, 0) is 5.41 Å². The molecule has 2 saturated carbocycles. The van der Waals surface area contributed by atoms with E-state index in [1.807, 2.05) is 7.05 Å². The van der Waals surface area contributed by atoms with Gasteiger partial charge in [0.2, 0.25) is 0 Å². The Kier molecular flexibility index (Phi) is 5.14. The van der Waals surface area contributed by atoms with Crippen molar-refractivity contribution in [1.29, 1.82) is 0 Å². The van der Waals surface area contributed by atoms with Gasteiger partial charge in [0.25, 0.3) is 0 Å². The van der Waals surface area contributed by atoms with Crippen LogP contribution in [0.3, 0.4) is 0 Å². The zero-order valence-electron chi connectivity index (χ0n) is 15.0. The summed E-state index contributed by atoms with van der Waals surface area (Å²) >= 11 is 0. The van der Waals surface area contributed by atoms with Crippen molar-refractivity contribution < 1.29 is 0 Å². The van der Waals surface area contributed by atoms with Gasteiger partial charge in [-0.15, -0.1) is 24.0 Å². The van der Waals surface area contributed by atoms with E-state index in [4.69, 9.17) is 0 Å². The Morgan fingerprint density at radius 3 is 2.46 bits per heavy atom. The molecular formula is C20H30IN3. The molecule has 132 valence electrons. The van der Waals surface area contributed by atoms with E-state index in [-0.39, 0.29) is 24.0 Å². The number of benzene rings is 1. The fraction of sp³-hybridized carbons (Fsp3) is 0.650. The fourth-order valence-corrected chi connectivity index (χ4v) is 4.64. The smallest absolute Gasteiger partial charge is 0.193 e. The monoisotopic (exact) mass is 439 g/mol. The lowest BCUT2D eigenvalue weighted by atomic mass is 9.68. The Morgan fingerprint density at radius 2 is 1.92 bits per heavy atom. The van der Waals surface area contributed by atoms with Crippen LogP contribution in [-0.4, -0.2) is 37.5 Å². The number of aliphatic imine (C=N–C) groups is 1. The van der Waals surface area contributed by atoms with Crippen molar-refractivity contribution in [3.63, 3.8) is 0 Å². The van der Waals surface area contributed by atoms with E-state index >= 15 is 0 Å². The van der Waals surface area contributed by atoms with Crippen LogP contribution in [0.15, 0.2) is 29.3 Å². The second-order valence-corrected chi connectivity index (χ2v) is 8.02. The Hall–Kier alpha value is -0.780. The topological polar surface area (TPSA) is 27.6 Å². The third-order valence-corrected chi connectivity index (χ3v) is 6.52. The largest absolute Gasteiger partial charge is 0.355 e. The minimum absolute atomic E-state index is 0. The van der Waals surface area contributed by atoms with Crippen molar-refractivity contribution in [3.05, 3.63) is 35.4 Å². The van der Waals surface area contributed by atoms with Crippen molar-refractivity contribution in [2.45, 2.75) is 50.9 Å². The molecule has 1 aromatic rings. The predicted octanol–water partition coefficient (Wildman–Crippen LogP) is 4.10. The summed E-state index contributed by atoms with van der Waals surface area (Å²) in [4.78, 5) is 7.07. The number of hydrogen-bond donors (Lipinski definition) is 1. The lowest BCUT2D eigenvalue weighted by Gasteiger charge is -2.38. The Balaban J connectivity index is 0.00000169. The molecule has 3 nitrogen and oxygen atoms in total. The quantitative estimate of drug-likeness (QED) is 0.437. The summed E-state index contributed by atoms with van der Waals surface area (Å²) in [5, 5.41) is 3.70. The zero-order chi connectivity index (χ0) is 15.9. The van der Waals surface area contributed by atoms with Gasteiger partial charge in [-0.25, -0.2) is 0 Å². The van der Waals surface area contributed by atoms with Crippen LogP contribution in [0.1, 0.15) is 49.7 Å². The molecule has 1 saturated heterocycles. The number of nitrogens with one attached hydrogen (secondary N) is 1. The molecule has 1 aliphatic heterocycles. The molecular weight excluding hydrogens is 409 g/mol. The van der Waals surface area contributed by atoms with Gasteiger partial charge >= 0.3 is 0 Å². The Labute approximate surface area is 163 Å². The molecule has 0 atom stereocenters. The molecule has 0 amide bonds. The van der Waals surface area contributed by atoms with E-state index in [1.54, 1.807) is 0 Å². The fourth-order valence-electron chi connectivity index (χ4n) is 4.64. The van der Waals surface area contributed by atoms with Gasteiger partial charge in [-0.3, -0.25) is 4.99 Å². The molecule has 0 radical (unpaired) electrons. The molecule has 0 aromatic heterocycles. The first-order valence-corrected chi connectivity index (χ1v) is 9.18. The van der Waals surface area contributed by atoms with Gasteiger partial charge in [-0.05, 0) is 55.6 Å². The van der Waals surface area contributed by atoms with Crippen molar-refractivity contribution in [1.82, 2.24) is 10.2 Å². The second kappa shape index (κ2) is 6.85. The van der Waals surface area contributed by atoms with Crippen LogP contribution in [0.25, 0.3) is 0 Å². The lowest BCUT2D eigenvalue weighted by molar-refractivity contribution is 0.151. The third-order valence-electron chi connectivity index (χ3n) is 6.52. The molecule has 0 unspecified atom stereocenters. The number of likely N-dealkylation sites (tertiary alicyclic amines) is 1. The predicted molar refractivity (Wildman–Crippen MR) is 111 cm³/mol. The number of aryl methyl sites for hydroxylation is 1. The van der Waals surface area contributed by atoms with Crippen molar-refractivity contribution in [2.24, 2.45) is 10.4 Å². The van der Waals surface area contributed by atoms with Gasteiger partial charge in [-0.2, -0.15) is 0 Å². The number of rotatable bonds is 3. The van der Waals surface area contributed by atoms with Crippen LogP contribution in [0.5, 0.6) is 0 Å². The highest BCUT2D eigenvalue weighted by Crippen LogP contribution is 2.49. The van der Waals surface area contributed by atoms with Gasteiger partial charge in [0.05, 0.1) is 0 Å². The summed E-state index contributed by atoms with van der Waals surface area (Å²) in [6.07, 6.45) is 8.23. The van der Waals surface area contributed by atoms with E-state index in [0.717, 1.165) is 12.5 Å². The average molecular weight is 439 g/mol. The van der Waals surface area contributed by atoms with Gasteiger partial charge in [-0.1, -0.05) is 30.7 Å². The molecule has 1 N–H and O–H groups in total. The number of halogens is 1. The summed E-state index contributed by atoms with van der Waals surface area (Å²) < 4.78 is 0. The molecule has 2 aliphatic carbocycles. The molecule has 4 heteroatoms. The first-order valence-electron chi connectivity index (χ1n) is 9.18. The third kappa shape index (κ3) is 3.18. The van der Waals surface area contributed by atoms with E-state index in [2.05, 4.69) is 46.4 Å². The normalized spacial score (nSPS) is 23.6. The maximum absolute atomic E-state index is 4.57. The maximum Gasteiger partial charge on any atom is 0.193 e. The van der Waals surface area contributed by atoms with Gasteiger partial charge in [0.15, 0.2) is 5.96 Å². The molecule has 24 heavy (non-hydrogen) atoms. The highest BCUT2D eigenvalue weighted by atomic mass is 127. The zero-order valence-corrected chi connectivity index (χ0v) is 17.3. The highest BCUT2D eigenvalue weighted by molar-refractivity contribution is 14.0. The molecule has 1 heterocycles. The molecule has 0 bridgehead atoms. The summed E-state index contributed by atoms with van der Waals surface area (Å²) in [5.74, 6) is 1.12. The molecule has 3 aliphatic rings. The summed E-state index contributed by atoms with van der Waals surface area (Å²) in [5.41, 5.74) is 3.93. The van der Waals surface area contributed by atoms with E-state index < -0.39 is 0 Å². The maximum atomic E-state index is 4.57.